The van der Waals surface area contributed by atoms with Gasteiger partial charge in [0.1, 0.15) is 30.0 Å². The third-order valence-electron chi connectivity index (χ3n) is 4.88. The van der Waals surface area contributed by atoms with E-state index in [-0.39, 0.29) is 11.9 Å². The Labute approximate surface area is 169 Å². The second kappa shape index (κ2) is 8.37. The first-order valence-electron chi connectivity index (χ1n) is 9.38. The zero-order chi connectivity index (χ0) is 20.2. The van der Waals surface area contributed by atoms with Crippen LogP contribution in [-0.4, -0.2) is 26.1 Å². The monoisotopic (exact) mass is 390 g/mol. The molecule has 29 heavy (non-hydrogen) atoms. The van der Waals surface area contributed by atoms with Crippen molar-refractivity contribution >= 4 is 5.78 Å². The summed E-state index contributed by atoms with van der Waals surface area (Å²) in [6, 6.07) is 22.6. The van der Waals surface area contributed by atoms with Crippen LogP contribution >= 0.6 is 0 Å². The molecule has 4 rings (SSSR count). The molecule has 1 fully saturated rings. The molecule has 0 saturated carbocycles. The van der Waals surface area contributed by atoms with Crippen LogP contribution in [0.4, 0.5) is 0 Å². The van der Waals surface area contributed by atoms with Gasteiger partial charge in [0.2, 0.25) is 0 Å². The van der Waals surface area contributed by atoms with Crippen molar-refractivity contribution in [2.24, 2.45) is 0 Å². The van der Waals surface area contributed by atoms with Gasteiger partial charge in [-0.25, -0.2) is 0 Å². The van der Waals surface area contributed by atoms with E-state index in [4.69, 9.17) is 18.9 Å². The van der Waals surface area contributed by atoms with Crippen LogP contribution in [0.25, 0.3) is 0 Å². The summed E-state index contributed by atoms with van der Waals surface area (Å²) >= 11 is 0. The van der Waals surface area contributed by atoms with Gasteiger partial charge in [-0.05, 0) is 35.9 Å². The van der Waals surface area contributed by atoms with Crippen LogP contribution in [0.3, 0.4) is 0 Å². The lowest BCUT2D eigenvalue weighted by Gasteiger charge is -2.11. The molecular weight excluding hydrogens is 368 g/mol. The molecule has 3 aromatic carbocycles. The average Bonchev–Trinajstić information content (AvgIpc) is 3.58. The van der Waals surface area contributed by atoms with E-state index in [1.165, 1.54) is 0 Å². The molecular formula is C24H22O5. The lowest BCUT2D eigenvalue weighted by molar-refractivity contribution is 0.0949. The van der Waals surface area contributed by atoms with E-state index in [0.717, 1.165) is 11.1 Å². The van der Waals surface area contributed by atoms with Crippen LogP contribution in [0.2, 0.25) is 0 Å². The van der Waals surface area contributed by atoms with Crippen molar-refractivity contribution in [1.82, 2.24) is 0 Å². The van der Waals surface area contributed by atoms with Crippen molar-refractivity contribution in [2.75, 3.05) is 14.2 Å². The Balaban J connectivity index is 1.52. The summed E-state index contributed by atoms with van der Waals surface area (Å²) in [5, 5.41) is 0. The fraction of sp³-hybridized carbons (Fsp3) is 0.208. The number of para-hydroxylation sites is 1. The maximum Gasteiger partial charge on any atom is 0.198 e. The molecule has 2 unspecified atom stereocenters. The quantitative estimate of drug-likeness (QED) is 0.415. The van der Waals surface area contributed by atoms with E-state index >= 15 is 0 Å². The first-order valence-corrected chi connectivity index (χ1v) is 9.38. The van der Waals surface area contributed by atoms with E-state index in [0.29, 0.717) is 29.4 Å². The van der Waals surface area contributed by atoms with E-state index in [9.17, 15) is 4.79 Å². The number of ketones is 1. The summed E-state index contributed by atoms with van der Waals surface area (Å²) in [7, 11) is 3.19. The number of hydrogen-bond donors (Lipinski definition) is 0. The predicted molar refractivity (Wildman–Crippen MR) is 109 cm³/mol. The molecule has 0 aromatic heterocycles. The Bertz CT molecular complexity index is 999. The van der Waals surface area contributed by atoms with Crippen LogP contribution in [-0.2, 0) is 11.3 Å². The minimum atomic E-state index is -0.572. The smallest absolute Gasteiger partial charge is 0.198 e. The van der Waals surface area contributed by atoms with Crippen LogP contribution in [0, 0.1) is 0 Å². The second-order valence-electron chi connectivity index (χ2n) is 6.72. The van der Waals surface area contributed by atoms with E-state index in [1.54, 1.807) is 26.4 Å². The third-order valence-corrected chi connectivity index (χ3v) is 4.88. The molecule has 148 valence electrons. The summed E-state index contributed by atoms with van der Waals surface area (Å²) < 4.78 is 22.4. The van der Waals surface area contributed by atoms with Gasteiger partial charge in [0.05, 0.1) is 19.8 Å². The molecule has 0 aliphatic carbocycles. The molecule has 2 atom stereocenters. The van der Waals surface area contributed by atoms with Gasteiger partial charge in [0, 0.05) is 5.56 Å². The van der Waals surface area contributed by atoms with E-state index in [2.05, 4.69) is 0 Å². The SMILES string of the molecule is COc1ccc(OC)c(C2OC2C(=O)c2ccccc2OCc2ccccc2)c1. The number of benzene rings is 3. The molecule has 0 N–H and O–H groups in total. The largest absolute Gasteiger partial charge is 0.497 e. The van der Waals surface area contributed by atoms with Crippen molar-refractivity contribution < 1.29 is 23.7 Å². The average molecular weight is 390 g/mol. The van der Waals surface area contributed by atoms with Crippen LogP contribution in [0.5, 0.6) is 17.2 Å². The minimum Gasteiger partial charge on any atom is -0.497 e. The Morgan fingerprint density at radius 1 is 0.897 bits per heavy atom. The number of methoxy groups -OCH3 is 2. The molecule has 0 spiro atoms. The molecule has 1 aliphatic rings. The van der Waals surface area contributed by atoms with Gasteiger partial charge in [-0.1, -0.05) is 42.5 Å². The van der Waals surface area contributed by atoms with Gasteiger partial charge in [-0.2, -0.15) is 0 Å². The molecule has 0 radical (unpaired) electrons. The standard InChI is InChI=1S/C24H22O5/c1-26-17-12-13-20(27-2)19(14-17)23-24(29-23)22(25)18-10-6-7-11-21(18)28-15-16-8-4-3-5-9-16/h3-14,23-24H,15H2,1-2H3. The summed E-state index contributed by atoms with van der Waals surface area (Å²) in [6.07, 6.45) is -0.938. The molecule has 3 aromatic rings. The first-order chi connectivity index (χ1) is 14.2. The van der Waals surface area contributed by atoms with Gasteiger partial charge in [0.25, 0.3) is 0 Å². The predicted octanol–water partition coefficient (Wildman–Crippen LogP) is 4.61. The lowest BCUT2D eigenvalue weighted by atomic mass is 10.0. The first kappa shape index (κ1) is 19.0. The van der Waals surface area contributed by atoms with E-state index < -0.39 is 6.10 Å². The highest BCUT2D eigenvalue weighted by atomic mass is 16.6. The summed E-state index contributed by atoms with van der Waals surface area (Å²) in [4.78, 5) is 13.1. The molecule has 5 heteroatoms. The molecule has 0 bridgehead atoms. The maximum absolute atomic E-state index is 13.1. The minimum absolute atomic E-state index is 0.108. The third kappa shape index (κ3) is 4.10. The van der Waals surface area contributed by atoms with Gasteiger partial charge in [-0.15, -0.1) is 0 Å². The van der Waals surface area contributed by atoms with Crippen molar-refractivity contribution in [2.45, 2.75) is 18.8 Å². The van der Waals surface area contributed by atoms with Gasteiger partial charge in [-0.3, -0.25) is 4.79 Å². The zero-order valence-electron chi connectivity index (χ0n) is 16.3. The topological polar surface area (TPSA) is 57.3 Å². The number of rotatable bonds is 8. The van der Waals surface area contributed by atoms with Crippen molar-refractivity contribution in [3.05, 3.63) is 89.5 Å². The fourth-order valence-corrected chi connectivity index (χ4v) is 3.29. The second-order valence-corrected chi connectivity index (χ2v) is 6.72. The normalized spacial score (nSPS) is 17.4. The fourth-order valence-electron chi connectivity index (χ4n) is 3.29. The van der Waals surface area contributed by atoms with Crippen LogP contribution < -0.4 is 14.2 Å². The molecule has 1 aliphatic heterocycles. The Morgan fingerprint density at radius 3 is 2.41 bits per heavy atom. The maximum atomic E-state index is 13.1. The number of carbonyl (C=O) groups is 1. The van der Waals surface area contributed by atoms with Crippen molar-refractivity contribution in [3.63, 3.8) is 0 Å². The Hall–Kier alpha value is -3.31. The zero-order valence-corrected chi connectivity index (χ0v) is 16.3. The number of Topliss-reactive ketones (excluding diaryl/α,β-unsaturated/α-hetero) is 1. The van der Waals surface area contributed by atoms with Crippen LogP contribution in [0.15, 0.2) is 72.8 Å². The van der Waals surface area contributed by atoms with Gasteiger partial charge < -0.3 is 18.9 Å². The summed E-state index contributed by atoms with van der Waals surface area (Å²) in [5.41, 5.74) is 2.35. The number of epoxide rings is 1. The highest BCUT2D eigenvalue weighted by molar-refractivity contribution is 6.03. The van der Waals surface area contributed by atoms with E-state index in [1.807, 2.05) is 60.7 Å². The highest BCUT2D eigenvalue weighted by Gasteiger charge is 2.48. The van der Waals surface area contributed by atoms with Crippen molar-refractivity contribution in [3.8, 4) is 17.2 Å². The van der Waals surface area contributed by atoms with Crippen molar-refractivity contribution in [1.29, 1.82) is 0 Å². The van der Waals surface area contributed by atoms with Gasteiger partial charge in [0.15, 0.2) is 11.9 Å². The molecule has 0 amide bonds. The Morgan fingerprint density at radius 2 is 1.66 bits per heavy atom. The number of carbonyl (C=O) groups excluding carboxylic acids is 1. The molecule has 1 heterocycles. The molecule has 5 nitrogen and oxygen atoms in total. The Kier molecular flexibility index (Phi) is 5.49. The summed E-state index contributed by atoms with van der Waals surface area (Å²) in [5.74, 6) is 1.80. The number of ether oxygens (including phenoxy) is 4. The van der Waals surface area contributed by atoms with Gasteiger partial charge >= 0.3 is 0 Å². The molecule has 1 saturated heterocycles. The number of hydrogen-bond acceptors (Lipinski definition) is 5. The summed E-state index contributed by atoms with van der Waals surface area (Å²) in [6.45, 7) is 0.393. The highest BCUT2D eigenvalue weighted by Crippen LogP contribution is 2.46. The lowest BCUT2D eigenvalue weighted by Crippen LogP contribution is -2.11. The van der Waals surface area contributed by atoms with Crippen LogP contribution in [0.1, 0.15) is 27.6 Å².